The van der Waals surface area contributed by atoms with E-state index in [2.05, 4.69) is 0 Å². The molecule has 2 nitrogen and oxygen atoms in total. The van der Waals surface area contributed by atoms with Crippen LogP contribution in [0.1, 0.15) is 39.5 Å². The van der Waals surface area contributed by atoms with Crippen LogP contribution in [-0.4, -0.2) is 23.9 Å². The molecule has 0 atom stereocenters. The van der Waals surface area contributed by atoms with Crippen LogP contribution in [0.5, 0.6) is 0 Å². The van der Waals surface area contributed by atoms with Gasteiger partial charge in [0.25, 0.3) is 0 Å². The minimum atomic E-state index is 0.196. The van der Waals surface area contributed by atoms with Gasteiger partial charge in [0, 0.05) is 19.2 Å². The van der Waals surface area contributed by atoms with E-state index in [4.69, 9.17) is 0 Å². The van der Waals surface area contributed by atoms with Crippen molar-refractivity contribution in [2.24, 2.45) is 0 Å². The van der Waals surface area contributed by atoms with Crippen LogP contribution in [-0.2, 0) is 4.79 Å². The first kappa shape index (κ1) is 10.3. The molecule has 0 aliphatic carbocycles. The number of carbonyl (C=O) groups excluding carboxylic acids is 1. The Morgan fingerprint density at radius 1 is 1.08 bits per heavy atom. The first-order valence-electron chi connectivity index (χ1n) is 5.14. The van der Waals surface area contributed by atoms with Gasteiger partial charge >= 0.3 is 0 Å². The van der Waals surface area contributed by atoms with Gasteiger partial charge in [-0.1, -0.05) is 18.4 Å². The fourth-order valence-electron chi connectivity index (χ4n) is 1.63. The maximum Gasteiger partial charge on any atom is 0.246 e. The Hall–Kier alpha value is -0.790. The molecule has 1 rings (SSSR count). The Morgan fingerprint density at radius 2 is 1.62 bits per heavy atom. The van der Waals surface area contributed by atoms with Crippen LogP contribution < -0.4 is 0 Å². The van der Waals surface area contributed by atoms with E-state index in [9.17, 15) is 4.79 Å². The third-order valence-corrected chi connectivity index (χ3v) is 2.33. The van der Waals surface area contributed by atoms with Crippen molar-refractivity contribution >= 4 is 5.91 Å². The van der Waals surface area contributed by atoms with Gasteiger partial charge in [-0.25, -0.2) is 0 Å². The number of nitrogens with zero attached hydrogens (tertiary/aromatic N) is 1. The maximum atomic E-state index is 11.6. The van der Waals surface area contributed by atoms with Crippen molar-refractivity contribution in [3.05, 3.63) is 11.6 Å². The number of carbonyl (C=O) groups is 1. The minimum Gasteiger partial charge on any atom is -0.339 e. The summed E-state index contributed by atoms with van der Waals surface area (Å²) in [6.45, 7) is 5.83. The molecule has 0 unspecified atom stereocenters. The smallest absolute Gasteiger partial charge is 0.246 e. The van der Waals surface area contributed by atoms with Gasteiger partial charge in [0.15, 0.2) is 0 Å². The van der Waals surface area contributed by atoms with E-state index in [1.54, 1.807) is 6.08 Å². The molecule has 74 valence electrons. The van der Waals surface area contributed by atoms with Crippen LogP contribution in [0.3, 0.4) is 0 Å². The van der Waals surface area contributed by atoms with E-state index in [-0.39, 0.29) is 5.91 Å². The van der Waals surface area contributed by atoms with E-state index in [1.165, 1.54) is 25.7 Å². The Kier molecular flexibility index (Phi) is 4.00. The fraction of sp³-hybridized carbons (Fsp3) is 0.727. The summed E-state index contributed by atoms with van der Waals surface area (Å²) in [7, 11) is 0. The summed E-state index contributed by atoms with van der Waals surface area (Å²) < 4.78 is 0. The third kappa shape index (κ3) is 3.62. The largest absolute Gasteiger partial charge is 0.339 e. The van der Waals surface area contributed by atoms with Gasteiger partial charge in [0.2, 0.25) is 5.91 Å². The summed E-state index contributed by atoms with van der Waals surface area (Å²) in [5.41, 5.74) is 1.09. The highest BCUT2D eigenvalue weighted by Gasteiger charge is 2.12. The highest BCUT2D eigenvalue weighted by molar-refractivity contribution is 5.88. The molecule has 13 heavy (non-hydrogen) atoms. The van der Waals surface area contributed by atoms with Crippen molar-refractivity contribution in [1.29, 1.82) is 0 Å². The molecule has 1 saturated heterocycles. The zero-order valence-corrected chi connectivity index (χ0v) is 8.68. The molecule has 1 aliphatic heterocycles. The van der Waals surface area contributed by atoms with Gasteiger partial charge in [0.05, 0.1) is 0 Å². The van der Waals surface area contributed by atoms with Gasteiger partial charge in [0.1, 0.15) is 0 Å². The SMILES string of the molecule is CC(C)=CC(=O)N1CCCCCC1. The van der Waals surface area contributed by atoms with Crippen molar-refractivity contribution < 1.29 is 4.79 Å². The molecule has 1 heterocycles. The molecule has 0 bridgehead atoms. The molecule has 0 radical (unpaired) electrons. The van der Waals surface area contributed by atoms with E-state index in [0.717, 1.165) is 18.7 Å². The summed E-state index contributed by atoms with van der Waals surface area (Å²) in [6, 6.07) is 0. The summed E-state index contributed by atoms with van der Waals surface area (Å²) in [5, 5.41) is 0. The summed E-state index contributed by atoms with van der Waals surface area (Å²) >= 11 is 0. The van der Waals surface area contributed by atoms with Gasteiger partial charge in [-0.3, -0.25) is 4.79 Å². The standard InChI is InChI=1S/C11H19NO/c1-10(2)9-11(13)12-7-5-3-4-6-8-12/h9H,3-8H2,1-2H3. The molecular weight excluding hydrogens is 162 g/mol. The van der Waals surface area contributed by atoms with E-state index in [1.807, 2.05) is 18.7 Å². The van der Waals surface area contributed by atoms with Crippen LogP contribution in [0.25, 0.3) is 0 Å². The normalized spacial score (nSPS) is 17.8. The maximum absolute atomic E-state index is 11.6. The highest BCUT2D eigenvalue weighted by Crippen LogP contribution is 2.10. The zero-order chi connectivity index (χ0) is 9.68. The predicted molar refractivity (Wildman–Crippen MR) is 54.5 cm³/mol. The first-order valence-corrected chi connectivity index (χ1v) is 5.14. The topological polar surface area (TPSA) is 20.3 Å². The number of allylic oxidation sites excluding steroid dienone is 1. The highest BCUT2D eigenvalue weighted by atomic mass is 16.2. The monoisotopic (exact) mass is 181 g/mol. The molecular formula is C11H19NO. The molecule has 0 saturated carbocycles. The molecule has 0 aromatic heterocycles. The number of amides is 1. The average Bonchev–Trinajstić information content (AvgIpc) is 2.29. The second-order valence-electron chi connectivity index (χ2n) is 3.96. The molecule has 0 aromatic carbocycles. The summed E-state index contributed by atoms with van der Waals surface area (Å²) in [6.07, 6.45) is 6.63. The lowest BCUT2D eigenvalue weighted by Gasteiger charge is -2.18. The lowest BCUT2D eigenvalue weighted by atomic mass is 10.2. The number of rotatable bonds is 1. The third-order valence-electron chi connectivity index (χ3n) is 2.33. The van der Waals surface area contributed by atoms with E-state index in [0.29, 0.717) is 0 Å². The average molecular weight is 181 g/mol. The van der Waals surface area contributed by atoms with Gasteiger partial charge in [-0.2, -0.15) is 0 Å². The van der Waals surface area contributed by atoms with Crippen molar-refractivity contribution in [3.8, 4) is 0 Å². The molecule has 1 fully saturated rings. The predicted octanol–water partition coefficient (Wildman–Crippen LogP) is 2.36. The van der Waals surface area contributed by atoms with Crippen LogP contribution in [0.2, 0.25) is 0 Å². The second kappa shape index (κ2) is 5.05. The Morgan fingerprint density at radius 3 is 2.08 bits per heavy atom. The molecule has 2 heteroatoms. The first-order chi connectivity index (χ1) is 6.20. The van der Waals surface area contributed by atoms with Crippen molar-refractivity contribution in [2.75, 3.05) is 13.1 Å². The molecule has 0 spiro atoms. The molecule has 0 aromatic rings. The second-order valence-corrected chi connectivity index (χ2v) is 3.96. The Labute approximate surface area is 80.6 Å². The van der Waals surface area contributed by atoms with Crippen molar-refractivity contribution in [2.45, 2.75) is 39.5 Å². The van der Waals surface area contributed by atoms with Gasteiger partial charge < -0.3 is 4.90 Å². The minimum absolute atomic E-state index is 0.196. The van der Waals surface area contributed by atoms with Gasteiger partial charge in [-0.15, -0.1) is 0 Å². The summed E-state index contributed by atoms with van der Waals surface area (Å²) in [4.78, 5) is 13.6. The number of hydrogen-bond acceptors (Lipinski definition) is 1. The van der Waals surface area contributed by atoms with Gasteiger partial charge in [-0.05, 0) is 26.7 Å². The Bertz CT molecular complexity index is 196. The molecule has 0 N–H and O–H groups in total. The van der Waals surface area contributed by atoms with Crippen LogP contribution >= 0.6 is 0 Å². The van der Waals surface area contributed by atoms with Crippen molar-refractivity contribution in [1.82, 2.24) is 4.90 Å². The lowest BCUT2D eigenvalue weighted by Crippen LogP contribution is -2.30. The van der Waals surface area contributed by atoms with Crippen molar-refractivity contribution in [3.63, 3.8) is 0 Å². The molecule has 1 amide bonds. The zero-order valence-electron chi connectivity index (χ0n) is 8.68. The van der Waals surface area contributed by atoms with Crippen LogP contribution in [0.15, 0.2) is 11.6 Å². The fourth-order valence-corrected chi connectivity index (χ4v) is 1.63. The van der Waals surface area contributed by atoms with Crippen LogP contribution in [0, 0.1) is 0 Å². The quantitative estimate of drug-likeness (QED) is 0.569. The van der Waals surface area contributed by atoms with E-state index >= 15 is 0 Å². The number of hydrogen-bond donors (Lipinski definition) is 0. The lowest BCUT2D eigenvalue weighted by molar-refractivity contribution is -0.126. The Balaban J connectivity index is 2.49. The van der Waals surface area contributed by atoms with Crippen LogP contribution in [0.4, 0.5) is 0 Å². The summed E-state index contributed by atoms with van der Waals surface area (Å²) in [5.74, 6) is 0.196. The van der Waals surface area contributed by atoms with E-state index < -0.39 is 0 Å². The molecule has 1 aliphatic rings. The number of likely N-dealkylation sites (tertiary alicyclic amines) is 1.